The quantitative estimate of drug-likeness (QED) is 0.745. The molecule has 0 bridgehead atoms. The fourth-order valence-corrected chi connectivity index (χ4v) is 2.59. The Morgan fingerprint density at radius 3 is 3.05 bits per heavy atom. The van der Waals surface area contributed by atoms with Crippen molar-refractivity contribution in [1.29, 1.82) is 0 Å². The molecule has 0 atom stereocenters. The third-order valence-corrected chi connectivity index (χ3v) is 3.72. The van der Waals surface area contributed by atoms with Crippen LogP contribution in [0, 0.1) is 0 Å². The predicted octanol–water partition coefficient (Wildman–Crippen LogP) is 2.21. The van der Waals surface area contributed by atoms with Gasteiger partial charge < -0.3 is 15.6 Å². The van der Waals surface area contributed by atoms with Crippen LogP contribution in [-0.2, 0) is 0 Å². The normalized spacial score (nSPS) is 15.1. The third-order valence-electron chi connectivity index (χ3n) is 3.72. The number of fused-ring (bicyclic) bond motifs is 1. The molecule has 3 N–H and O–H groups in total. The van der Waals surface area contributed by atoms with Gasteiger partial charge in [-0.15, -0.1) is 0 Å². The van der Waals surface area contributed by atoms with Crippen molar-refractivity contribution < 1.29 is 4.79 Å². The van der Waals surface area contributed by atoms with Gasteiger partial charge in [0.2, 0.25) is 0 Å². The molecule has 104 valence electrons. The van der Waals surface area contributed by atoms with Gasteiger partial charge in [0.15, 0.2) is 0 Å². The SMILES string of the molecule is O=C(NCCC1=CCNCC1)c1c[nH]c2ccccc12. The van der Waals surface area contributed by atoms with Crippen molar-refractivity contribution in [2.75, 3.05) is 19.6 Å². The highest BCUT2D eigenvalue weighted by Crippen LogP contribution is 2.17. The third kappa shape index (κ3) is 2.75. The Balaban J connectivity index is 1.60. The zero-order valence-corrected chi connectivity index (χ0v) is 11.4. The standard InChI is InChI=1S/C16H19N3O/c20-16(18-10-7-12-5-8-17-9-6-12)14-11-19-15-4-2-1-3-13(14)15/h1-5,11,17,19H,6-10H2,(H,18,20). The van der Waals surface area contributed by atoms with E-state index in [1.807, 2.05) is 24.3 Å². The van der Waals surface area contributed by atoms with Crippen LogP contribution in [0.2, 0.25) is 0 Å². The Morgan fingerprint density at radius 2 is 2.20 bits per heavy atom. The lowest BCUT2D eigenvalue weighted by atomic mass is 10.1. The maximum absolute atomic E-state index is 12.2. The molecule has 4 nitrogen and oxygen atoms in total. The van der Waals surface area contributed by atoms with Gasteiger partial charge >= 0.3 is 0 Å². The molecule has 3 rings (SSSR count). The van der Waals surface area contributed by atoms with Crippen LogP contribution in [0.4, 0.5) is 0 Å². The van der Waals surface area contributed by atoms with E-state index in [0.717, 1.165) is 42.4 Å². The highest BCUT2D eigenvalue weighted by molar-refractivity contribution is 6.06. The number of nitrogens with one attached hydrogen (secondary N) is 3. The number of hydrogen-bond acceptors (Lipinski definition) is 2. The van der Waals surface area contributed by atoms with Crippen molar-refractivity contribution >= 4 is 16.8 Å². The number of aromatic nitrogens is 1. The second kappa shape index (κ2) is 5.92. The first-order valence-electron chi connectivity index (χ1n) is 7.07. The molecular weight excluding hydrogens is 250 g/mol. The van der Waals surface area contributed by atoms with Gasteiger partial charge in [0.05, 0.1) is 5.56 Å². The van der Waals surface area contributed by atoms with E-state index in [9.17, 15) is 4.79 Å². The largest absolute Gasteiger partial charge is 0.360 e. The molecule has 4 heteroatoms. The molecule has 2 heterocycles. The summed E-state index contributed by atoms with van der Waals surface area (Å²) >= 11 is 0. The smallest absolute Gasteiger partial charge is 0.253 e. The average molecular weight is 269 g/mol. The number of aromatic amines is 1. The lowest BCUT2D eigenvalue weighted by Gasteiger charge is -2.14. The van der Waals surface area contributed by atoms with Crippen molar-refractivity contribution in [3.05, 3.63) is 47.7 Å². The van der Waals surface area contributed by atoms with Crippen molar-refractivity contribution in [2.45, 2.75) is 12.8 Å². The van der Waals surface area contributed by atoms with Gasteiger partial charge in [-0.3, -0.25) is 4.79 Å². The highest BCUT2D eigenvalue weighted by atomic mass is 16.1. The fourth-order valence-electron chi connectivity index (χ4n) is 2.59. The second-order valence-corrected chi connectivity index (χ2v) is 5.07. The number of carbonyl (C=O) groups is 1. The molecule has 1 aromatic carbocycles. The Hall–Kier alpha value is -2.07. The molecule has 0 saturated heterocycles. The van der Waals surface area contributed by atoms with Crippen LogP contribution in [0.15, 0.2) is 42.1 Å². The first-order chi connectivity index (χ1) is 9.84. The van der Waals surface area contributed by atoms with E-state index in [-0.39, 0.29) is 5.91 Å². The maximum atomic E-state index is 12.2. The number of para-hydroxylation sites is 1. The Morgan fingerprint density at radius 1 is 1.30 bits per heavy atom. The molecule has 1 amide bonds. The molecule has 20 heavy (non-hydrogen) atoms. The zero-order chi connectivity index (χ0) is 13.8. The first kappa shape index (κ1) is 12.9. The van der Waals surface area contributed by atoms with Crippen LogP contribution in [0.25, 0.3) is 10.9 Å². The van der Waals surface area contributed by atoms with Gasteiger partial charge in [-0.2, -0.15) is 0 Å². The van der Waals surface area contributed by atoms with Gasteiger partial charge in [-0.1, -0.05) is 29.8 Å². The summed E-state index contributed by atoms with van der Waals surface area (Å²) in [6.45, 7) is 2.69. The number of amides is 1. The van der Waals surface area contributed by atoms with E-state index >= 15 is 0 Å². The molecule has 0 aliphatic carbocycles. The lowest BCUT2D eigenvalue weighted by Crippen LogP contribution is -2.26. The molecule has 0 radical (unpaired) electrons. The lowest BCUT2D eigenvalue weighted by molar-refractivity contribution is 0.0955. The summed E-state index contributed by atoms with van der Waals surface area (Å²) in [6.07, 6.45) is 6.03. The van der Waals surface area contributed by atoms with Crippen LogP contribution in [0.1, 0.15) is 23.2 Å². The van der Waals surface area contributed by atoms with Crippen molar-refractivity contribution in [3.63, 3.8) is 0 Å². The summed E-state index contributed by atoms with van der Waals surface area (Å²) in [5, 5.41) is 7.27. The van der Waals surface area contributed by atoms with Crippen molar-refractivity contribution in [2.24, 2.45) is 0 Å². The van der Waals surface area contributed by atoms with Crippen molar-refractivity contribution in [3.8, 4) is 0 Å². The number of hydrogen-bond donors (Lipinski definition) is 3. The summed E-state index contributed by atoms with van der Waals surface area (Å²) < 4.78 is 0. The van der Waals surface area contributed by atoms with Crippen LogP contribution < -0.4 is 10.6 Å². The van der Waals surface area contributed by atoms with Gasteiger partial charge in [0.25, 0.3) is 5.91 Å². The van der Waals surface area contributed by atoms with Crippen LogP contribution >= 0.6 is 0 Å². The summed E-state index contributed by atoms with van der Waals surface area (Å²) in [4.78, 5) is 15.3. The van der Waals surface area contributed by atoms with E-state index in [4.69, 9.17) is 0 Å². The summed E-state index contributed by atoms with van der Waals surface area (Å²) in [7, 11) is 0. The molecule has 1 aliphatic rings. The topological polar surface area (TPSA) is 56.9 Å². The predicted molar refractivity (Wildman–Crippen MR) is 80.8 cm³/mol. The molecular formula is C16H19N3O. The van der Waals surface area contributed by atoms with Gasteiger partial charge in [0.1, 0.15) is 0 Å². The molecule has 0 saturated carbocycles. The zero-order valence-electron chi connectivity index (χ0n) is 11.4. The highest BCUT2D eigenvalue weighted by Gasteiger charge is 2.11. The number of benzene rings is 1. The molecule has 0 unspecified atom stereocenters. The van der Waals surface area contributed by atoms with E-state index in [1.165, 1.54) is 5.57 Å². The summed E-state index contributed by atoms with van der Waals surface area (Å²) in [5.74, 6) is -0.00279. The monoisotopic (exact) mass is 269 g/mol. The second-order valence-electron chi connectivity index (χ2n) is 5.07. The maximum Gasteiger partial charge on any atom is 0.253 e. The van der Waals surface area contributed by atoms with Crippen LogP contribution in [-0.4, -0.2) is 30.5 Å². The number of H-pyrrole nitrogens is 1. The molecule has 2 aromatic rings. The average Bonchev–Trinajstić information content (AvgIpc) is 2.92. The van der Waals surface area contributed by atoms with Crippen LogP contribution in [0.5, 0.6) is 0 Å². The first-order valence-corrected chi connectivity index (χ1v) is 7.07. The van der Waals surface area contributed by atoms with Crippen molar-refractivity contribution in [1.82, 2.24) is 15.6 Å². The van der Waals surface area contributed by atoms with E-state index in [1.54, 1.807) is 6.20 Å². The van der Waals surface area contributed by atoms with Gasteiger partial charge in [-0.25, -0.2) is 0 Å². The minimum atomic E-state index is -0.00279. The Labute approximate surface area is 118 Å². The summed E-state index contributed by atoms with van der Waals surface area (Å²) in [5.41, 5.74) is 3.15. The van der Waals surface area contributed by atoms with E-state index in [2.05, 4.69) is 21.7 Å². The fraction of sp³-hybridized carbons (Fsp3) is 0.312. The van der Waals surface area contributed by atoms with E-state index < -0.39 is 0 Å². The molecule has 0 spiro atoms. The van der Waals surface area contributed by atoms with Gasteiger partial charge in [-0.05, 0) is 25.5 Å². The number of rotatable bonds is 4. The number of carbonyl (C=O) groups excluding carboxylic acids is 1. The summed E-state index contributed by atoms with van der Waals surface area (Å²) in [6, 6.07) is 7.86. The molecule has 1 aliphatic heterocycles. The Bertz CT molecular complexity index is 642. The van der Waals surface area contributed by atoms with Crippen LogP contribution in [0.3, 0.4) is 0 Å². The molecule has 0 fully saturated rings. The Kier molecular flexibility index (Phi) is 3.83. The van der Waals surface area contributed by atoms with Gasteiger partial charge in [0, 0.05) is 30.2 Å². The molecule has 1 aromatic heterocycles. The van der Waals surface area contributed by atoms with E-state index in [0.29, 0.717) is 6.54 Å². The minimum absolute atomic E-state index is 0.00279. The minimum Gasteiger partial charge on any atom is -0.360 e.